The Morgan fingerprint density at radius 3 is 0.905 bits per heavy atom. The number of rotatable bonds is 17. The number of thiophene rings is 2. The summed E-state index contributed by atoms with van der Waals surface area (Å²) >= 11 is 6.71. The van der Waals surface area contributed by atoms with E-state index in [0.717, 1.165) is 152 Å². The molecule has 0 atom stereocenters. The molecule has 6 nitrogen and oxygen atoms in total. The van der Waals surface area contributed by atoms with Gasteiger partial charge in [-0.2, -0.15) is 0 Å². The van der Waals surface area contributed by atoms with Gasteiger partial charge in [0.15, 0.2) is 0 Å². The summed E-state index contributed by atoms with van der Waals surface area (Å²) in [5, 5.41) is 5.68. The molecule has 0 amide bonds. The second-order valence-electron chi connectivity index (χ2n) is 40.5. The zero-order valence-corrected chi connectivity index (χ0v) is 88.3. The van der Waals surface area contributed by atoms with Gasteiger partial charge in [0.2, 0.25) is 0 Å². The molecule has 4 aromatic heterocycles. The Morgan fingerprint density at radius 2 is 0.599 bits per heavy atom. The molecule has 0 radical (unpaired) electrons. The van der Waals surface area contributed by atoms with Crippen molar-refractivity contribution in [1.29, 1.82) is 0 Å². The van der Waals surface area contributed by atoms with Crippen molar-refractivity contribution in [2.24, 2.45) is 0 Å². The fourth-order valence-electron chi connectivity index (χ4n) is 16.2. The maximum Gasteiger partial charge on any atom is 3.00 e. The van der Waals surface area contributed by atoms with E-state index in [2.05, 4.69) is 423 Å². The summed E-state index contributed by atoms with van der Waals surface area (Å²) in [6.07, 6.45) is 15.9. The minimum absolute atomic E-state index is 0. The predicted octanol–water partition coefficient (Wildman–Crippen LogP) is 36.0. The molecule has 0 aliphatic heterocycles. The minimum atomic E-state index is 0. The number of hydrogen-bond acceptors (Lipinski definition) is 8. The van der Waals surface area contributed by atoms with Crippen molar-refractivity contribution in [2.45, 2.75) is 157 Å². The summed E-state index contributed by atoms with van der Waals surface area (Å²) < 4.78 is 16.0. The normalized spacial score (nSPS) is 11.6. The monoisotopic (exact) mass is 2250 g/mol. The second kappa shape index (κ2) is 42.3. The van der Waals surface area contributed by atoms with E-state index in [0.29, 0.717) is 23.0 Å². The molecule has 0 saturated heterocycles. The standard InChI is InChI=1S/C63H55N2OS.C43H29BrNOS.C20H27N.2Au/c1-11-58-60(55-17-12-13-18-59(55)67-58)45-15-14-16-54(39-45)66-53-37-23-44(24-38-53)57-41-46(40-56(64-57)43-19-25-47(26-20-43)61(2,3)4)42-21-31-50(32-22-42)65(51-33-27-48(28-34-51)62(5,6)7)52-35-29-49(30-36-52)63(8,9)10;1-5-40-42(37-11-6-7-12-41(37)47-40)31-9-8-10-36(25-31)46-35-23-17-30(18-24-35)39-27-32(28-15-21-34(44)22-16-28)26-38(45-39)29-13-19-33(20-14-29)43(2,3)4;1-19(2,3)15-7-11-17(12-8-15)21-18-13-9-16(10-14-18)20(4,5)6;;/h12-19,21-23,25-41H,2-10H3;6-13,15-17,19-27H,2-4H3;7-14,21H,1-6H3;;/q2*-3;;2*+3. The fraction of sp³-hybridized carbons (Fsp3) is 0.190. The van der Waals surface area contributed by atoms with Gasteiger partial charge in [-0.3, -0.25) is 11.8 Å². The van der Waals surface area contributed by atoms with Gasteiger partial charge in [-0.15, -0.1) is 130 Å². The van der Waals surface area contributed by atoms with Gasteiger partial charge in [0.05, 0.1) is 0 Å². The summed E-state index contributed by atoms with van der Waals surface area (Å²) in [5.41, 5.74) is 29.1. The largest absolute Gasteiger partial charge is 3.00 e. The number of halogens is 1. The average Bonchev–Trinajstić information content (AvgIpc) is 1.58. The molecule has 1 N–H and O–H groups in total. The van der Waals surface area contributed by atoms with Crippen molar-refractivity contribution in [1.82, 2.24) is 9.97 Å². The molecular weight excluding hydrogens is 2140 g/mol. The van der Waals surface area contributed by atoms with Gasteiger partial charge < -0.3 is 42.5 Å². The maximum atomic E-state index is 7.98. The third kappa shape index (κ3) is 24.4. The Hall–Kier alpha value is -12.4. The van der Waals surface area contributed by atoms with E-state index < -0.39 is 0 Å². The summed E-state index contributed by atoms with van der Waals surface area (Å²) in [6.45, 7) is 40.2. The summed E-state index contributed by atoms with van der Waals surface area (Å²) in [6, 6.07) is 132. The van der Waals surface area contributed by atoms with E-state index in [1.54, 1.807) is 22.7 Å². The van der Waals surface area contributed by atoms with Gasteiger partial charge in [-0.25, -0.2) is 22.7 Å². The Kier molecular flexibility index (Phi) is 31.0. The van der Waals surface area contributed by atoms with E-state index in [9.17, 15) is 0 Å². The molecule has 0 saturated carbocycles. The number of ether oxygens (including phenoxy) is 2. The predicted molar refractivity (Wildman–Crippen MR) is 574 cm³/mol. The van der Waals surface area contributed by atoms with Crippen LogP contribution in [0.15, 0.2) is 344 Å². The van der Waals surface area contributed by atoms with Crippen LogP contribution in [-0.2, 0) is 77.3 Å². The number of anilines is 5. The number of nitrogens with one attached hydrogen (secondary N) is 1. The zero-order valence-electron chi connectivity index (χ0n) is 80.8. The quantitative estimate of drug-likeness (QED) is 0.0557. The Morgan fingerprint density at radius 1 is 0.299 bits per heavy atom. The molecule has 0 aliphatic carbocycles. The molecule has 0 aliphatic rings. The van der Waals surface area contributed by atoms with Crippen molar-refractivity contribution >= 4 is 87.2 Å². The molecular formula is C126H111Au2BrN4O2S2. The number of aromatic nitrogens is 2. The first kappa shape index (κ1) is 101. The van der Waals surface area contributed by atoms with Crippen LogP contribution in [0.1, 0.15) is 168 Å². The van der Waals surface area contributed by atoms with E-state index in [1.807, 2.05) is 103 Å². The van der Waals surface area contributed by atoms with Crippen LogP contribution in [0.4, 0.5) is 28.4 Å². The summed E-state index contributed by atoms with van der Waals surface area (Å²) in [4.78, 5) is 14.2. The fourth-order valence-corrected chi connectivity index (χ4v) is 18.6. The molecule has 11 heteroatoms. The van der Waals surface area contributed by atoms with Crippen molar-refractivity contribution in [3.05, 3.63) is 424 Å². The molecule has 14 aromatic carbocycles. The van der Waals surface area contributed by atoms with Crippen molar-refractivity contribution in [3.63, 3.8) is 0 Å². The second-order valence-corrected chi connectivity index (χ2v) is 43.5. The van der Waals surface area contributed by atoms with Gasteiger partial charge in [0, 0.05) is 53.8 Å². The Bertz CT molecular complexity index is 7200. The first-order chi connectivity index (χ1) is 64.4. The molecule has 0 fully saturated rings. The number of nitrogens with zero attached hydrogens (tertiary/aromatic N) is 3. The van der Waals surface area contributed by atoms with Crippen LogP contribution >= 0.6 is 38.6 Å². The van der Waals surface area contributed by atoms with Gasteiger partial charge in [0.25, 0.3) is 0 Å². The van der Waals surface area contributed by atoms with Gasteiger partial charge in [-0.1, -0.05) is 319 Å². The maximum absolute atomic E-state index is 7.98. The molecule has 18 rings (SSSR count). The van der Waals surface area contributed by atoms with Crippen LogP contribution in [0.25, 0.3) is 110 Å². The third-order valence-corrected chi connectivity index (χ3v) is 26.9. The van der Waals surface area contributed by atoms with Crippen LogP contribution < -0.4 is 19.7 Å². The van der Waals surface area contributed by atoms with E-state index in [-0.39, 0.29) is 77.3 Å². The third-order valence-electron chi connectivity index (χ3n) is 24.2. The first-order valence-electron chi connectivity index (χ1n) is 45.9. The van der Waals surface area contributed by atoms with Crippen LogP contribution in [0.2, 0.25) is 0 Å². The van der Waals surface area contributed by atoms with E-state index in [4.69, 9.17) is 32.3 Å². The van der Waals surface area contributed by atoms with Crippen LogP contribution in [0.3, 0.4) is 0 Å². The van der Waals surface area contributed by atoms with Crippen LogP contribution in [0.5, 0.6) is 23.0 Å². The SMILES string of the molecule is CC(C)(C)c1ccc(Nc2ccc(C(C)(C)C)cc2)cc1.[Au+3].[Au+3].[C-]#Cc1sc2ccccc2c1-c1cccc(Oc2c[c-]c(-c3cc(-c4ccc(Br)cc4)cc(-c4[c-]cc(C(C)(C)C)cc4)n3)cc2)c1.[C-]#Cc1sc2ccccc2c1-c1cccc(Oc2c[c-]c(-c3cc(-c4ccc(N(c5ccc(C(C)(C)C)cc5)c5ccc(C(C)(C)C)cc5)cc4)cc(-c4[c-]cc(C(C)(C)C)cc4)n3)cc2)c1. The Balaban J connectivity index is 0.000000185. The summed E-state index contributed by atoms with van der Waals surface area (Å²) in [5.74, 6) is 8.03. The first-order valence-corrected chi connectivity index (χ1v) is 48.3. The minimum Gasteiger partial charge on any atom is -0.502 e. The number of hydrogen-bond donors (Lipinski definition) is 1. The molecule has 0 unspecified atom stereocenters. The van der Waals surface area contributed by atoms with Crippen molar-refractivity contribution in [2.75, 3.05) is 10.2 Å². The topological polar surface area (TPSA) is 59.5 Å². The molecule has 137 heavy (non-hydrogen) atoms. The number of fused-ring (bicyclic) bond motifs is 2. The van der Waals surface area contributed by atoms with E-state index in [1.165, 1.54) is 33.4 Å². The smallest absolute Gasteiger partial charge is 0.502 e. The molecule has 4 heterocycles. The Labute approximate surface area is 859 Å². The van der Waals surface area contributed by atoms with Gasteiger partial charge >= 0.3 is 44.8 Å². The number of pyridine rings is 2. The van der Waals surface area contributed by atoms with Crippen LogP contribution in [0, 0.1) is 49.0 Å². The number of benzene rings is 14. The van der Waals surface area contributed by atoms with Crippen LogP contribution in [-0.4, -0.2) is 9.97 Å². The molecule has 688 valence electrons. The van der Waals surface area contributed by atoms with Crippen molar-refractivity contribution < 1.29 is 54.2 Å². The molecule has 0 bridgehead atoms. The van der Waals surface area contributed by atoms with Gasteiger partial charge in [-0.05, 0) is 231 Å². The van der Waals surface area contributed by atoms with Crippen molar-refractivity contribution in [3.8, 4) is 124 Å². The molecule has 18 aromatic rings. The van der Waals surface area contributed by atoms with E-state index >= 15 is 0 Å². The van der Waals surface area contributed by atoms with Gasteiger partial charge in [0.1, 0.15) is 11.5 Å². The molecule has 0 spiro atoms. The average molecular weight is 2250 g/mol. The summed E-state index contributed by atoms with van der Waals surface area (Å²) in [7, 11) is 0. The zero-order chi connectivity index (χ0) is 95.3.